The first kappa shape index (κ1) is 12.9. The molecule has 2 aromatic rings. The quantitative estimate of drug-likeness (QED) is 0.903. The molecule has 2 heterocycles. The van der Waals surface area contributed by atoms with Crippen LogP contribution in [0.4, 0.5) is 0 Å². The fourth-order valence-corrected chi connectivity index (χ4v) is 1.76. The summed E-state index contributed by atoms with van der Waals surface area (Å²) < 4.78 is 7.76. The number of rotatable bonds is 4. The number of imidazole rings is 1. The van der Waals surface area contributed by atoms with Gasteiger partial charge in [0.05, 0.1) is 12.9 Å². The molecule has 18 heavy (non-hydrogen) atoms. The van der Waals surface area contributed by atoms with Crippen LogP contribution >= 0.6 is 0 Å². The van der Waals surface area contributed by atoms with Gasteiger partial charge < -0.3 is 14.3 Å². The third-order valence-electron chi connectivity index (χ3n) is 2.78. The molecule has 0 amide bonds. The number of aryl methyl sites for hydroxylation is 1. The highest BCUT2D eigenvalue weighted by Gasteiger charge is 2.12. The highest BCUT2D eigenvalue weighted by atomic mass is 16.3. The summed E-state index contributed by atoms with van der Waals surface area (Å²) in [7, 11) is 0. The molecular weight excluding hydrogens is 226 g/mol. The smallest absolute Gasteiger partial charge is 0.124 e. The fraction of sp³-hybridized carbons (Fsp3) is 0.500. The van der Waals surface area contributed by atoms with E-state index in [4.69, 9.17) is 4.42 Å². The Morgan fingerprint density at radius 3 is 2.78 bits per heavy atom. The van der Waals surface area contributed by atoms with Crippen molar-refractivity contribution in [3.63, 3.8) is 0 Å². The second kappa shape index (κ2) is 4.98. The molecule has 2 aromatic heterocycles. The molecule has 0 spiro atoms. The normalized spacial score (nSPS) is 12.0. The second-order valence-corrected chi connectivity index (χ2v) is 5.63. The monoisotopic (exact) mass is 247 g/mol. The summed E-state index contributed by atoms with van der Waals surface area (Å²) in [5.41, 5.74) is 1.34. The van der Waals surface area contributed by atoms with Gasteiger partial charge >= 0.3 is 0 Å². The Labute approximate surface area is 108 Å². The van der Waals surface area contributed by atoms with E-state index in [-0.39, 0.29) is 5.54 Å². The fourth-order valence-electron chi connectivity index (χ4n) is 1.76. The van der Waals surface area contributed by atoms with Crippen molar-refractivity contribution in [3.05, 3.63) is 41.9 Å². The van der Waals surface area contributed by atoms with Crippen molar-refractivity contribution in [1.82, 2.24) is 14.9 Å². The van der Waals surface area contributed by atoms with Crippen LogP contribution in [0.25, 0.3) is 0 Å². The van der Waals surface area contributed by atoms with E-state index in [1.54, 1.807) is 12.5 Å². The lowest BCUT2D eigenvalue weighted by molar-refractivity contribution is 0.419. The van der Waals surface area contributed by atoms with Gasteiger partial charge in [-0.15, -0.1) is 0 Å². The number of hydrogen-bond acceptors (Lipinski definition) is 3. The maximum atomic E-state index is 5.76. The topological polar surface area (TPSA) is 43.0 Å². The number of furan rings is 1. The van der Waals surface area contributed by atoms with E-state index < -0.39 is 0 Å². The van der Waals surface area contributed by atoms with E-state index in [2.05, 4.69) is 37.1 Å². The van der Waals surface area contributed by atoms with E-state index in [9.17, 15) is 0 Å². The van der Waals surface area contributed by atoms with Gasteiger partial charge in [-0.1, -0.05) is 0 Å². The van der Waals surface area contributed by atoms with E-state index in [1.807, 2.05) is 17.7 Å². The molecule has 98 valence electrons. The third-order valence-corrected chi connectivity index (χ3v) is 2.78. The molecule has 0 unspecified atom stereocenters. The Kier molecular flexibility index (Phi) is 3.57. The van der Waals surface area contributed by atoms with Crippen LogP contribution < -0.4 is 5.32 Å². The molecule has 0 saturated carbocycles. The van der Waals surface area contributed by atoms with Crippen molar-refractivity contribution in [3.8, 4) is 0 Å². The zero-order chi connectivity index (χ0) is 13.2. The number of hydrogen-bond donors (Lipinski definition) is 1. The van der Waals surface area contributed by atoms with Gasteiger partial charge in [-0.2, -0.15) is 0 Å². The minimum Gasteiger partial charge on any atom is -0.464 e. The molecule has 0 aliphatic carbocycles. The summed E-state index contributed by atoms with van der Waals surface area (Å²) in [6.07, 6.45) is 5.51. The van der Waals surface area contributed by atoms with Crippen LogP contribution in [0.3, 0.4) is 0 Å². The molecule has 0 radical (unpaired) electrons. The Balaban J connectivity index is 2.03. The number of nitrogens with one attached hydrogen (secondary N) is 1. The molecular formula is C14H21N3O. The minimum atomic E-state index is 0.119. The third kappa shape index (κ3) is 3.47. The highest BCUT2D eigenvalue weighted by Crippen LogP contribution is 2.16. The van der Waals surface area contributed by atoms with Crippen molar-refractivity contribution < 1.29 is 4.42 Å². The van der Waals surface area contributed by atoms with Gasteiger partial charge in [0.2, 0.25) is 0 Å². The van der Waals surface area contributed by atoms with Gasteiger partial charge in [-0.3, -0.25) is 0 Å². The molecule has 0 aromatic carbocycles. The Hall–Kier alpha value is -1.55. The van der Waals surface area contributed by atoms with E-state index in [1.165, 1.54) is 5.56 Å². The van der Waals surface area contributed by atoms with Gasteiger partial charge in [0.25, 0.3) is 0 Å². The van der Waals surface area contributed by atoms with Crippen LogP contribution in [0, 0.1) is 6.92 Å². The molecule has 0 saturated heterocycles. The maximum Gasteiger partial charge on any atom is 0.124 e. The van der Waals surface area contributed by atoms with E-state index in [0.29, 0.717) is 0 Å². The summed E-state index contributed by atoms with van der Waals surface area (Å²) in [4.78, 5) is 4.03. The van der Waals surface area contributed by atoms with Gasteiger partial charge in [0.1, 0.15) is 11.5 Å². The van der Waals surface area contributed by atoms with Crippen LogP contribution in [0.2, 0.25) is 0 Å². The van der Waals surface area contributed by atoms with E-state index >= 15 is 0 Å². The average Bonchev–Trinajstić information content (AvgIpc) is 2.85. The van der Waals surface area contributed by atoms with Crippen LogP contribution in [-0.4, -0.2) is 15.1 Å². The van der Waals surface area contributed by atoms with E-state index in [0.717, 1.165) is 24.6 Å². The maximum absolute atomic E-state index is 5.76. The second-order valence-electron chi connectivity index (χ2n) is 5.63. The first-order valence-electron chi connectivity index (χ1n) is 6.23. The SMILES string of the molecule is Cc1oc(Cn2ccnc2)cc1CNC(C)(C)C. The standard InChI is InChI=1S/C14H21N3O/c1-11-12(8-16-14(2,3)4)7-13(18-11)9-17-6-5-15-10-17/h5-7,10,16H,8-9H2,1-4H3. The zero-order valence-corrected chi connectivity index (χ0v) is 11.5. The van der Waals surface area contributed by atoms with Crippen LogP contribution in [0.15, 0.2) is 29.2 Å². The highest BCUT2D eigenvalue weighted by molar-refractivity contribution is 5.21. The van der Waals surface area contributed by atoms with Gasteiger partial charge in [0.15, 0.2) is 0 Å². The van der Waals surface area contributed by atoms with Crippen molar-refractivity contribution in [2.24, 2.45) is 0 Å². The molecule has 0 aliphatic rings. The molecule has 2 rings (SSSR count). The van der Waals surface area contributed by atoms with Crippen molar-refractivity contribution in [2.75, 3.05) is 0 Å². The zero-order valence-electron chi connectivity index (χ0n) is 11.5. The lowest BCUT2D eigenvalue weighted by Gasteiger charge is -2.20. The van der Waals surface area contributed by atoms with Crippen LogP contribution in [-0.2, 0) is 13.1 Å². The van der Waals surface area contributed by atoms with Crippen LogP contribution in [0.5, 0.6) is 0 Å². The first-order valence-corrected chi connectivity index (χ1v) is 6.23. The lowest BCUT2D eigenvalue weighted by atomic mass is 10.1. The number of nitrogens with zero attached hydrogens (tertiary/aromatic N) is 2. The minimum absolute atomic E-state index is 0.119. The van der Waals surface area contributed by atoms with Crippen molar-refractivity contribution in [1.29, 1.82) is 0 Å². The molecule has 1 N–H and O–H groups in total. The molecule has 0 fully saturated rings. The number of aromatic nitrogens is 2. The molecule has 0 atom stereocenters. The Morgan fingerprint density at radius 2 is 2.17 bits per heavy atom. The van der Waals surface area contributed by atoms with Gasteiger partial charge in [-0.05, 0) is 33.8 Å². The summed E-state index contributed by atoms with van der Waals surface area (Å²) in [5.74, 6) is 1.96. The van der Waals surface area contributed by atoms with Gasteiger partial charge in [0, 0.05) is 30.0 Å². The molecule has 4 heteroatoms. The molecule has 0 bridgehead atoms. The Morgan fingerprint density at radius 1 is 1.39 bits per heavy atom. The van der Waals surface area contributed by atoms with Crippen molar-refractivity contribution in [2.45, 2.75) is 46.3 Å². The summed E-state index contributed by atoms with van der Waals surface area (Å²) >= 11 is 0. The lowest BCUT2D eigenvalue weighted by Crippen LogP contribution is -2.35. The summed E-state index contributed by atoms with van der Waals surface area (Å²) in [6.45, 7) is 10.1. The predicted molar refractivity (Wildman–Crippen MR) is 71.4 cm³/mol. The Bertz CT molecular complexity index is 492. The average molecular weight is 247 g/mol. The molecule has 0 aliphatic heterocycles. The van der Waals surface area contributed by atoms with Gasteiger partial charge in [-0.25, -0.2) is 4.98 Å². The summed E-state index contributed by atoms with van der Waals surface area (Å²) in [5, 5.41) is 3.47. The van der Waals surface area contributed by atoms with Crippen LogP contribution in [0.1, 0.15) is 37.9 Å². The first-order chi connectivity index (χ1) is 8.44. The summed E-state index contributed by atoms with van der Waals surface area (Å²) in [6, 6.07) is 2.12. The molecule has 4 nitrogen and oxygen atoms in total. The van der Waals surface area contributed by atoms with Crippen molar-refractivity contribution >= 4 is 0 Å². The largest absolute Gasteiger partial charge is 0.464 e. The predicted octanol–water partition coefficient (Wildman–Crippen LogP) is 2.72.